The highest BCUT2D eigenvalue weighted by Gasteiger charge is 2.19. The molecule has 2 N–H and O–H groups in total. The highest BCUT2D eigenvalue weighted by molar-refractivity contribution is 6.07. The molecule has 0 radical (unpaired) electrons. The van der Waals surface area contributed by atoms with Crippen molar-refractivity contribution in [3.05, 3.63) is 52.3 Å². The Balaban J connectivity index is 2.31. The molecule has 1 aromatic heterocycles. The van der Waals surface area contributed by atoms with Gasteiger partial charge in [0.15, 0.2) is 5.78 Å². The second-order valence-electron chi connectivity index (χ2n) is 4.86. The molecule has 1 aromatic carbocycles. The fraction of sp³-hybridized carbons (Fsp3) is 0.176. The molecule has 0 fully saturated rings. The summed E-state index contributed by atoms with van der Waals surface area (Å²) in [6, 6.07) is 7.04. The number of ketones is 1. The Morgan fingerprint density at radius 2 is 2.00 bits per heavy atom. The number of aromatic amines is 1. The molecule has 0 unspecified atom stereocenters. The summed E-state index contributed by atoms with van der Waals surface area (Å²) < 4.78 is 0. The van der Waals surface area contributed by atoms with Crippen molar-refractivity contribution >= 4 is 17.4 Å². The molecule has 1 amide bonds. The van der Waals surface area contributed by atoms with Crippen LogP contribution in [0.2, 0.25) is 0 Å². The van der Waals surface area contributed by atoms with E-state index in [1.54, 1.807) is 38.1 Å². The van der Waals surface area contributed by atoms with Gasteiger partial charge in [0.2, 0.25) is 0 Å². The Kier molecular flexibility index (Phi) is 3.95. The minimum absolute atomic E-state index is 0.0605. The van der Waals surface area contributed by atoms with E-state index in [1.165, 1.54) is 6.92 Å². The summed E-state index contributed by atoms with van der Waals surface area (Å²) in [5.41, 5.74) is 3.62. The third-order valence-corrected chi connectivity index (χ3v) is 3.30. The third-order valence-electron chi connectivity index (χ3n) is 3.30. The summed E-state index contributed by atoms with van der Waals surface area (Å²) in [5, 5.41) is 2.78. The summed E-state index contributed by atoms with van der Waals surface area (Å²) in [7, 11) is 0. The second-order valence-corrected chi connectivity index (χ2v) is 4.86. The lowest BCUT2D eigenvalue weighted by atomic mass is 10.1. The minimum atomic E-state index is -0.294. The first-order valence-electron chi connectivity index (χ1n) is 6.52. The molecular formula is C17H16N2O2. The molecule has 2 aromatic rings. The molecule has 21 heavy (non-hydrogen) atoms. The number of terminal acetylenes is 1. The number of carbonyl (C=O) groups is 2. The predicted octanol–water partition coefficient (Wildman–Crippen LogP) is 3.07. The molecule has 106 valence electrons. The van der Waals surface area contributed by atoms with E-state index in [9.17, 15) is 9.59 Å². The first kappa shape index (κ1) is 14.6. The highest BCUT2D eigenvalue weighted by Crippen LogP contribution is 2.20. The zero-order valence-electron chi connectivity index (χ0n) is 12.2. The quantitative estimate of drug-likeness (QED) is 0.670. The first-order chi connectivity index (χ1) is 9.93. The average molecular weight is 280 g/mol. The van der Waals surface area contributed by atoms with Gasteiger partial charge in [-0.05, 0) is 44.5 Å². The number of hydrogen-bond acceptors (Lipinski definition) is 2. The standard InChI is InChI=1S/C17H16N2O2/c1-5-13-7-6-8-14(9-13)19-17(21)16-10(2)15(12(4)20)11(3)18-16/h1,6-9,18H,2-4H3,(H,19,21). The van der Waals surface area contributed by atoms with Crippen LogP contribution in [0.5, 0.6) is 0 Å². The smallest absolute Gasteiger partial charge is 0.272 e. The van der Waals surface area contributed by atoms with Gasteiger partial charge in [-0.25, -0.2) is 0 Å². The van der Waals surface area contributed by atoms with Crippen molar-refractivity contribution < 1.29 is 9.59 Å². The number of nitrogens with one attached hydrogen (secondary N) is 2. The van der Waals surface area contributed by atoms with Crippen LogP contribution in [0.3, 0.4) is 0 Å². The number of carbonyl (C=O) groups excluding carboxylic acids is 2. The van der Waals surface area contributed by atoms with Crippen LogP contribution >= 0.6 is 0 Å². The van der Waals surface area contributed by atoms with E-state index in [1.807, 2.05) is 0 Å². The topological polar surface area (TPSA) is 62.0 Å². The van der Waals surface area contributed by atoms with Crippen LogP contribution in [0.15, 0.2) is 24.3 Å². The molecule has 0 aliphatic carbocycles. The minimum Gasteiger partial charge on any atom is -0.354 e. The summed E-state index contributed by atoms with van der Waals surface area (Å²) in [4.78, 5) is 26.9. The number of aromatic nitrogens is 1. The van der Waals surface area contributed by atoms with Crippen LogP contribution < -0.4 is 5.32 Å². The Labute approximate surface area is 123 Å². The van der Waals surface area contributed by atoms with Crippen LogP contribution in [0.25, 0.3) is 0 Å². The molecule has 0 saturated heterocycles. The lowest BCUT2D eigenvalue weighted by Gasteiger charge is -2.05. The van der Waals surface area contributed by atoms with Gasteiger partial charge in [0, 0.05) is 22.5 Å². The molecule has 0 aliphatic rings. The van der Waals surface area contributed by atoms with Gasteiger partial charge in [-0.1, -0.05) is 12.0 Å². The zero-order valence-corrected chi connectivity index (χ0v) is 12.2. The number of aryl methyl sites for hydroxylation is 1. The van der Waals surface area contributed by atoms with E-state index in [-0.39, 0.29) is 11.7 Å². The van der Waals surface area contributed by atoms with Crippen molar-refractivity contribution in [3.8, 4) is 12.3 Å². The van der Waals surface area contributed by atoms with Crippen LogP contribution in [-0.2, 0) is 0 Å². The van der Waals surface area contributed by atoms with E-state index < -0.39 is 0 Å². The predicted molar refractivity (Wildman–Crippen MR) is 82.6 cm³/mol. The van der Waals surface area contributed by atoms with Crippen molar-refractivity contribution in [2.75, 3.05) is 5.32 Å². The van der Waals surface area contributed by atoms with Crippen molar-refractivity contribution in [1.82, 2.24) is 4.98 Å². The number of benzene rings is 1. The summed E-state index contributed by atoms with van der Waals surface area (Å²) >= 11 is 0. The Morgan fingerprint density at radius 3 is 2.57 bits per heavy atom. The maximum Gasteiger partial charge on any atom is 0.272 e. The number of H-pyrrole nitrogens is 1. The van der Waals surface area contributed by atoms with E-state index >= 15 is 0 Å². The molecule has 0 spiro atoms. The van der Waals surface area contributed by atoms with Crippen molar-refractivity contribution in [2.45, 2.75) is 20.8 Å². The van der Waals surface area contributed by atoms with Crippen molar-refractivity contribution in [1.29, 1.82) is 0 Å². The first-order valence-corrected chi connectivity index (χ1v) is 6.52. The summed E-state index contributed by atoms with van der Waals surface area (Å²) in [6.07, 6.45) is 5.33. The van der Waals surface area contributed by atoms with Crippen LogP contribution in [0, 0.1) is 26.2 Å². The third kappa shape index (κ3) is 2.87. The van der Waals surface area contributed by atoms with Gasteiger partial charge in [0.05, 0.1) is 0 Å². The van der Waals surface area contributed by atoms with Crippen molar-refractivity contribution in [3.63, 3.8) is 0 Å². The molecule has 0 saturated carbocycles. The monoisotopic (exact) mass is 280 g/mol. The Bertz CT molecular complexity index is 764. The molecule has 1 heterocycles. The van der Waals surface area contributed by atoms with Crippen LogP contribution in [-0.4, -0.2) is 16.7 Å². The molecular weight excluding hydrogens is 264 g/mol. The average Bonchev–Trinajstić information content (AvgIpc) is 2.74. The molecule has 2 rings (SSSR count). The number of anilines is 1. The van der Waals surface area contributed by atoms with Gasteiger partial charge in [0.25, 0.3) is 5.91 Å². The van der Waals surface area contributed by atoms with Gasteiger partial charge in [-0.2, -0.15) is 0 Å². The number of hydrogen-bond donors (Lipinski definition) is 2. The normalized spacial score (nSPS) is 10.0. The maximum absolute atomic E-state index is 12.3. The lowest BCUT2D eigenvalue weighted by Crippen LogP contribution is -2.14. The molecule has 0 aliphatic heterocycles. The van der Waals surface area contributed by atoms with Crippen LogP contribution in [0.4, 0.5) is 5.69 Å². The summed E-state index contributed by atoms with van der Waals surface area (Å²) in [5.74, 6) is 2.16. The van der Waals surface area contributed by atoms with Crippen molar-refractivity contribution in [2.24, 2.45) is 0 Å². The highest BCUT2D eigenvalue weighted by atomic mass is 16.2. The lowest BCUT2D eigenvalue weighted by molar-refractivity contribution is 0.101. The largest absolute Gasteiger partial charge is 0.354 e. The molecule has 4 nitrogen and oxygen atoms in total. The van der Waals surface area contributed by atoms with Gasteiger partial charge in [-0.15, -0.1) is 6.42 Å². The second kappa shape index (κ2) is 5.68. The van der Waals surface area contributed by atoms with Gasteiger partial charge in [-0.3, -0.25) is 9.59 Å². The fourth-order valence-corrected chi connectivity index (χ4v) is 2.39. The van der Waals surface area contributed by atoms with Gasteiger partial charge >= 0.3 is 0 Å². The van der Waals surface area contributed by atoms with E-state index in [2.05, 4.69) is 16.2 Å². The van der Waals surface area contributed by atoms with E-state index in [0.717, 1.165) is 0 Å². The maximum atomic E-state index is 12.3. The molecule has 0 bridgehead atoms. The van der Waals surface area contributed by atoms with Crippen LogP contribution in [0.1, 0.15) is 44.6 Å². The number of rotatable bonds is 3. The Hall–Kier alpha value is -2.80. The van der Waals surface area contributed by atoms with Gasteiger partial charge < -0.3 is 10.3 Å². The van der Waals surface area contributed by atoms with E-state index in [0.29, 0.717) is 33.8 Å². The Morgan fingerprint density at radius 1 is 1.29 bits per heavy atom. The summed E-state index contributed by atoms with van der Waals surface area (Å²) in [6.45, 7) is 5.02. The van der Waals surface area contributed by atoms with E-state index in [4.69, 9.17) is 6.42 Å². The number of Topliss-reactive ketones (excluding diaryl/α,β-unsaturated/α-hetero) is 1. The number of amides is 1. The van der Waals surface area contributed by atoms with Gasteiger partial charge in [0.1, 0.15) is 5.69 Å². The zero-order chi connectivity index (χ0) is 15.6. The fourth-order valence-electron chi connectivity index (χ4n) is 2.39. The molecule has 0 atom stereocenters. The SMILES string of the molecule is C#Cc1cccc(NC(=O)c2[nH]c(C)c(C(C)=O)c2C)c1. The molecule has 4 heteroatoms.